The van der Waals surface area contributed by atoms with E-state index in [1.165, 1.54) is 0 Å². The van der Waals surface area contributed by atoms with Crippen molar-refractivity contribution in [3.8, 4) is 11.4 Å². The molecule has 1 aliphatic heterocycles. The van der Waals surface area contributed by atoms with Crippen LogP contribution in [-0.4, -0.2) is 49.9 Å². The van der Waals surface area contributed by atoms with Crippen LogP contribution in [-0.2, 0) is 4.79 Å². The van der Waals surface area contributed by atoms with E-state index in [-0.39, 0.29) is 18.7 Å². The summed E-state index contributed by atoms with van der Waals surface area (Å²) in [5.41, 5.74) is 1.69. The van der Waals surface area contributed by atoms with E-state index < -0.39 is 0 Å². The quantitative estimate of drug-likeness (QED) is 0.835. The Balaban J connectivity index is 0.000000526. The number of likely N-dealkylation sites (tertiary alicyclic amines) is 1. The van der Waals surface area contributed by atoms with Gasteiger partial charge in [-0.05, 0) is 31.0 Å². The lowest BCUT2D eigenvalue weighted by Gasteiger charge is -2.40. The van der Waals surface area contributed by atoms with Crippen molar-refractivity contribution in [2.24, 2.45) is 0 Å². The maximum Gasteiger partial charge on any atom is 0.319 e. The lowest BCUT2D eigenvalue weighted by molar-refractivity contribution is -0.122. The number of hydrogen-bond donors (Lipinski definition) is 2. The molecule has 4 rings (SSSR count). The predicted molar refractivity (Wildman–Crippen MR) is 86.1 cm³/mol. The largest absolute Gasteiger partial charge is 0.483 e. The first-order valence-corrected chi connectivity index (χ1v) is 7.84. The smallest absolute Gasteiger partial charge is 0.319 e. The third kappa shape index (κ3) is 3.53. The summed E-state index contributed by atoms with van der Waals surface area (Å²) >= 11 is 0. The molecule has 2 fully saturated rings. The van der Waals surface area contributed by atoms with Crippen molar-refractivity contribution < 1.29 is 14.7 Å². The second kappa shape index (κ2) is 7.12. The first-order chi connectivity index (χ1) is 11.7. The van der Waals surface area contributed by atoms with Gasteiger partial charge in [0.2, 0.25) is 0 Å². The summed E-state index contributed by atoms with van der Waals surface area (Å²) in [4.78, 5) is 26.6. The Hall–Kier alpha value is -2.90. The lowest BCUT2D eigenvalue weighted by atomic mass is 10.1. The number of hydrogen-bond acceptors (Lipinski definition) is 4. The number of amides is 2. The van der Waals surface area contributed by atoms with E-state index in [1.807, 2.05) is 40.0 Å². The van der Waals surface area contributed by atoms with E-state index in [0.29, 0.717) is 6.04 Å². The van der Waals surface area contributed by atoms with Crippen LogP contribution in [0.2, 0.25) is 0 Å². The molecule has 2 aliphatic rings. The summed E-state index contributed by atoms with van der Waals surface area (Å²) < 4.78 is 1.86. The zero-order valence-corrected chi connectivity index (χ0v) is 13.1. The number of aromatic nitrogens is 3. The third-order valence-electron chi connectivity index (χ3n) is 3.99. The molecule has 0 aromatic carbocycles. The van der Waals surface area contributed by atoms with Crippen LogP contribution < -0.4 is 5.32 Å². The van der Waals surface area contributed by atoms with Crippen LogP contribution in [0.1, 0.15) is 25.4 Å². The Bertz CT molecular complexity index is 699. The van der Waals surface area contributed by atoms with E-state index >= 15 is 0 Å². The van der Waals surface area contributed by atoms with Crippen molar-refractivity contribution in [1.82, 2.24) is 25.0 Å². The average Bonchev–Trinajstić information content (AvgIpc) is 3.23. The van der Waals surface area contributed by atoms with Crippen LogP contribution in [0.5, 0.6) is 0 Å². The van der Waals surface area contributed by atoms with Gasteiger partial charge in [0.15, 0.2) is 0 Å². The average molecular weight is 329 g/mol. The third-order valence-corrected chi connectivity index (χ3v) is 3.99. The number of pyridine rings is 1. The molecule has 1 atom stereocenters. The van der Waals surface area contributed by atoms with Crippen molar-refractivity contribution in [2.45, 2.75) is 31.5 Å². The normalized spacial score (nSPS) is 18.8. The molecule has 1 saturated heterocycles. The molecule has 2 aromatic rings. The number of rotatable bonds is 3. The standard InChI is InChI=1S/C15H17N5O.CH2O2/c21-15(17-11-4-5-11)19-9-7-14(19)20-10-6-13(18-20)12-3-1-2-8-16-12;2-1-3/h1-3,6,8,10-11,14H,4-5,7,9H2,(H,17,21);1H,(H,2,3). The molecule has 1 saturated carbocycles. The second-order valence-corrected chi connectivity index (χ2v) is 5.69. The lowest BCUT2D eigenvalue weighted by Crippen LogP contribution is -2.52. The molecule has 1 aliphatic carbocycles. The molecule has 2 aromatic heterocycles. The maximum atomic E-state index is 12.1. The molecule has 8 nitrogen and oxygen atoms in total. The summed E-state index contributed by atoms with van der Waals surface area (Å²) in [5.74, 6) is 0. The number of carboxylic acid groups (broad SMARTS) is 1. The van der Waals surface area contributed by atoms with Crippen molar-refractivity contribution >= 4 is 12.5 Å². The molecule has 3 heterocycles. The Kier molecular flexibility index (Phi) is 4.74. The van der Waals surface area contributed by atoms with Crippen molar-refractivity contribution in [3.63, 3.8) is 0 Å². The fraction of sp³-hybridized carbons (Fsp3) is 0.375. The van der Waals surface area contributed by atoms with Gasteiger partial charge in [-0.25, -0.2) is 9.48 Å². The first kappa shape index (κ1) is 16.0. The minimum absolute atomic E-state index is 0.0289. The van der Waals surface area contributed by atoms with Crippen LogP contribution in [0.4, 0.5) is 4.79 Å². The van der Waals surface area contributed by atoms with Gasteiger partial charge in [0.1, 0.15) is 11.9 Å². The highest BCUT2D eigenvalue weighted by atomic mass is 16.3. The monoisotopic (exact) mass is 329 g/mol. The minimum atomic E-state index is -0.250. The van der Waals surface area contributed by atoms with Crippen molar-refractivity contribution in [2.75, 3.05) is 6.54 Å². The molecular weight excluding hydrogens is 310 g/mol. The van der Waals surface area contributed by atoms with Crippen LogP contribution in [0, 0.1) is 0 Å². The number of urea groups is 1. The van der Waals surface area contributed by atoms with Crippen LogP contribution in [0.25, 0.3) is 11.4 Å². The van der Waals surface area contributed by atoms with E-state index in [2.05, 4.69) is 15.4 Å². The molecule has 0 bridgehead atoms. The molecule has 0 spiro atoms. The van der Waals surface area contributed by atoms with E-state index in [9.17, 15) is 4.79 Å². The van der Waals surface area contributed by atoms with Gasteiger partial charge in [-0.1, -0.05) is 6.07 Å². The van der Waals surface area contributed by atoms with Crippen LogP contribution >= 0.6 is 0 Å². The molecular formula is C16H19N5O3. The number of nitrogens with one attached hydrogen (secondary N) is 1. The highest BCUT2D eigenvalue weighted by molar-refractivity contribution is 5.75. The molecule has 2 amide bonds. The number of carbonyl (C=O) groups is 2. The van der Waals surface area contributed by atoms with Crippen molar-refractivity contribution in [1.29, 1.82) is 0 Å². The van der Waals surface area contributed by atoms with Gasteiger partial charge in [-0.15, -0.1) is 0 Å². The highest BCUT2D eigenvalue weighted by Crippen LogP contribution is 2.29. The second-order valence-electron chi connectivity index (χ2n) is 5.69. The SMILES string of the molecule is O=C(NC1CC1)N1CCC1n1ccc(-c2ccccn2)n1.O=CO. The van der Waals surface area contributed by atoms with Crippen LogP contribution in [0.15, 0.2) is 36.7 Å². The summed E-state index contributed by atoms with van der Waals surface area (Å²) in [7, 11) is 0. The van der Waals surface area contributed by atoms with Crippen molar-refractivity contribution in [3.05, 3.63) is 36.7 Å². The first-order valence-electron chi connectivity index (χ1n) is 7.84. The Morgan fingerprint density at radius 1 is 1.25 bits per heavy atom. The van der Waals surface area contributed by atoms with E-state index in [1.54, 1.807) is 6.20 Å². The van der Waals surface area contributed by atoms with Gasteiger partial charge in [0.25, 0.3) is 6.47 Å². The zero-order valence-electron chi connectivity index (χ0n) is 13.1. The fourth-order valence-electron chi connectivity index (χ4n) is 2.53. The molecule has 24 heavy (non-hydrogen) atoms. The van der Waals surface area contributed by atoms with Crippen LogP contribution in [0.3, 0.4) is 0 Å². The number of carbonyl (C=O) groups excluding carboxylic acids is 1. The topological polar surface area (TPSA) is 100 Å². The summed E-state index contributed by atoms with van der Waals surface area (Å²) in [6.45, 7) is 0.544. The summed E-state index contributed by atoms with van der Waals surface area (Å²) in [5, 5.41) is 14.5. The Labute approximate surface area is 139 Å². The van der Waals surface area contributed by atoms with Gasteiger partial charge >= 0.3 is 6.03 Å². The predicted octanol–water partition coefficient (Wildman–Crippen LogP) is 1.72. The van der Waals surface area contributed by atoms with E-state index in [0.717, 1.165) is 37.2 Å². The summed E-state index contributed by atoms with van der Waals surface area (Å²) in [6, 6.07) is 8.13. The van der Waals surface area contributed by atoms with Gasteiger partial charge < -0.3 is 15.3 Å². The highest BCUT2D eigenvalue weighted by Gasteiger charge is 2.36. The molecule has 8 heteroatoms. The maximum absolute atomic E-state index is 12.1. The molecule has 0 radical (unpaired) electrons. The number of nitrogens with zero attached hydrogens (tertiary/aromatic N) is 4. The van der Waals surface area contributed by atoms with E-state index in [4.69, 9.17) is 9.90 Å². The van der Waals surface area contributed by atoms with Gasteiger partial charge in [-0.2, -0.15) is 5.10 Å². The Morgan fingerprint density at radius 2 is 2.04 bits per heavy atom. The minimum Gasteiger partial charge on any atom is -0.483 e. The van der Waals surface area contributed by atoms with Gasteiger partial charge in [0, 0.05) is 31.4 Å². The summed E-state index contributed by atoms with van der Waals surface area (Å²) in [6.07, 6.45) is 6.87. The van der Waals surface area contributed by atoms with Gasteiger partial charge in [-0.3, -0.25) is 9.78 Å². The molecule has 1 unspecified atom stereocenters. The zero-order chi connectivity index (χ0) is 16.9. The fourth-order valence-corrected chi connectivity index (χ4v) is 2.53. The van der Waals surface area contributed by atoms with Gasteiger partial charge in [0.05, 0.1) is 5.69 Å². The molecule has 126 valence electrons. The molecule has 2 N–H and O–H groups in total. The Morgan fingerprint density at radius 3 is 2.62 bits per heavy atom.